The Morgan fingerprint density at radius 1 is 1.19 bits per heavy atom. The van der Waals surface area contributed by atoms with Crippen LogP contribution in [-0.4, -0.2) is 22.9 Å². The van der Waals surface area contributed by atoms with E-state index in [2.05, 4.69) is 0 Å². The fraction of sp³-hybridized carbons (Fsp3) is 0.875. The molecule has 0 aromatic rings. The maximum Gasteiger partial charge on any atom is 2.00 e. The SMILES string of the molecule is NC1CCCCC1N.O=C([O-])C(Cl)Cl.[Cl-].[Pt+2]. The van der Waals surface area contributed by atoms with Gasteiger partial charge in [0.1, 0.15) is 4.84 Å². The summed E-state index contributed by atoms with van der Waals surface area (Å²) < 4.78 is 0. The molecule has 4 N–H and O–H groups in total. The fourth-order valence-corrected chi connectivity index (χ4v) is 1.19. The number of halogens is 3. The summed E-state index contributed by atoms with van der Waals surface area (Å²) in [6.45, 7) is 0. The molecule has 16 heavy (non-hydrogen) atoms. The van der Waals surface area contributed by atoms with Gasteiger partial charge in [-0.05, 0) is 12.8 Å². The molecule has 0 aromatic carbocycles. The van der Waals surface area contributed by atoms with Crippen LogP contribution in [0.15, 0.2) is 0 Å². The molecule has 0 aliphatic heterocycles. The molecule has 8 heteroatoms. The molecule has 0 saturated heterocycles. The second-order valence-electron chi connectivity index (χ2n) is 3.23. The Kier molecular flexibility index (Phi) is 17.2. The van der Waals surface area contributed by atoms with Crippen molar-refractivity contribution in [2.24, 2.45) is 11.5 Å². The number of aliphatic carboxylic acids is 1. The number of carbonyl (C=O) groups excluding carboxylic acids is 1. The summed E-state index contributed by atoms with van der Waals surface area (Å²) in [5.41, 5.74) is 11.3. The van der Waals surface area contributed by atoms with Crippen LogP contribution in [0, 0.1) is 0 Å². The van der Waals surface area contributed by atoms with Gasteiger partial charge < -0.3 is 33.8 Å². The van der Waals surface area contributed by atoms with Crippen molar-refractivity contribution in [2.45, 2.75) is 42.6 Å². The second-order valence-corrected chi connectivity index (χ2v) is 4.33. The standard InChI is InChI=1S/C6H14N2.C2H2Cl2O2.ClH.Pt/c7-5-3-1-2-4-6(5)8;3-1(4)2(5)6;;/h5-6H,1-4,7-8H2;1H,(H,5,6);1H;/q;;;+2/p-2. The third kappa shape index (κ3) is 11.4. The van der Waals surface area contributed by atoms with E-state index in [1.165, 1.54) is 12.8 Å². The van der Waals surface area contributed by atoms with Crippen molar-refractivity contribution in [2.75, 3.05) is 0 Å². The number of rotatable bonds is 1. The van der Waals surface area contributed by atoms with E-state index in [4.69, 9.17) is 34.7 Å². The number of carboxylic acid groups (broad SMARTS) is 1. The third-order valence-corrected chi connectivity index (χ3v) is 2.41. The average molecular weight is 473 g/mol. The minimum absolute atomic E-state index is 0. The minimum atomic E-state index is -1.46. The van der Waals surface area contributed by atoms with E-state index in [-0.39, 0.29) is 45.6 Å². The smallest absolute Gasteiger partial charge is 1.00 e. The number of alkyl halides is 2. The van der Waals surface area contributed by atoms with E-state index in [1.807, 2.05) is 0 Å². The summed E-state index contributed by atoms with van der Waals surface area (Å²) in [6, 6.07) is 0.562. The van der Waals surface area contributed by atoms with Crippen molar-refractivity contribution in [3.05, 3.63) is 0 Å². The monoisotopic (exact) mass is 471 g/mol. The maximum absolute atomic E-state index is 9.32. The topological polar surface area (TPSA) is 92.2 Å². The predicted molar refractivity (Wildman–Crippen MR) is 54.9 cm³/mol. The van der Waals surface area contributed by atoms with Gasteiger partial charge in [-0.3, -0.25) is 0 Å². The molecule has 4 nitrogen and oxygen atoms in total. The van der Waals surface area contributed by atoms with Gasteiger partial charge in [0.25, 0.3) is 0 Å². The van der Waals surface area contributed by atoms with Crippen LogP contribution in [0.1, 0.15) is 25.7 Å². The van der Waals surface area contributed by atoms with Crippen molar-refractivity contribution in [1.29, 1.82) is 0 Å². The number of hydrogen-bond donors (Lipinski definition) is 2. The second kappa shape index (κ2) is 12.4. The van der Waals surface area contributed by atoms with Crippen LogP contribution in [0.25, 0.3) is 0 Å². The molecule has 0 aromatic heterocycles. The number of carboxylic acids is 1. The Hall–Kier alpha value is 0.948. The molecular formula is C8H15Cl3N2O2Pt. The van der Waals surface area contributed by atoms with Crippen LogP contribution >= 0.6 is 23.2 Å². The van der Waals surface area contributed by atoms with Crippen molar-refractivity contribution in [3.63, 3.8) is 0 Å². The Balaban J connectivity index is -0.000000195. The van der Waals surface area contributed by atoms with E-state index in [0.717, 1.165) is 12.8 Å². The first-order chi connectivity index (χ1) is 6.45. The van der Waals surface area contributed by atoms with E-state index in [9.17, 15) is 9.90 Å². The van der Waals surface area contributed by atoms with E-state index in [0.29, 0.717) is 0 Å². The van der Waals surface area contributed by atoms with Gasteiger partial charge in [0.15, 0.2) is 0 Å². The molecule has 1 fully saturated rings. The Labute approximate surface area is 126 Å². The van der Waals surface area contributed by atoms with Gasteiger partial charge in [-0.2, -0.15) is 0 Å². The van der Waals surface area contributed by atoms with Gasteiger partial charge in [-0.1, -0.05) is 36.0 Å². The molecule has 100 valence electrons. The zero-order valence-corrected chi connectivity index (χ0v) is 13.0. The predicted octanol–water partition coefficient (Wildman–Crippen LogP) is -3.24. The van der Waals surface area contributed by atoms with Gasteiger partial charge in [0, 0.05) is 12.1 Å². The largest absolute Gasteiger partial charge is 2.00 e. The van der Waals surface area contributed by atoms with E-state index in [1.54, 1.807) is 0 Å². The zero-order valence-electron chi connectivity index (χ0n) is 8.48. The molecule has 1 aliphatic carbocycles. The van der Waals surface area contributed by atoms with Gasteiger partial charge in [0.05, 0.1) is 5.97 Å². The Bertz CT molecular complexity index is 177. The number of nitrogens with two attached hydrogens (primary N) is 2. The van der Waals surface area contributed by atoms with Crippen molar-refractivity contribution in [1.82, 2.24) is 0 Å². The number of hydrogen-bond acceptors (Lipinski definition) is 4. The van der Waals surface area contributed by atoms with Gasteiger partial charge >= 0.3 is 21.1 Å². The summed E-state index contributed by atoms with van der Waals surface area (Å²) in [4.78, 5) is 7.93. The first-order valence-electron chi connectivity index (χ1n) is 4.45. The molecule has 1 saturated carbocycles. The van der Waals surface area contributed by atoms with E-state index >= 15 is 0 Å². The summed E-state index contributed by atoms with van der Waals surface area (Å²) in [6.07, 6.45) is 4.80. The maximum atomic E-state index is 9.32. The molecule has 0 bridgehead atoms. The van der Waals surface area contributed by atoms with Crippen LogP contribution in [-0.2, 0) is 25.9 Å². The molecule has 0 radical (unpaired) electrons. The van der Waals surface area contributed by atoms with Crippen LogP contribution < -0.4 is 29.0 Å². The van der Waals surface area contributed by atoms with Crippen LogP contribution in [0.5, 0.6) is 0 Å². The molecule has 1 rings (SSSR count). The summed E-state index contributed by atoms with van der Waals surface area (Å²) >= 11 is 9.43. The summed E-state index contributed by atoms with van der Waals surface area (Å²) in [5.74, 6) is -1.46. The fourth-order valence-electron chi connectivity index (χ4n) is 1.19. The summed E-state index contributed by atoms with van der Waals surface area (Å²) in [7, 11) is 0. The van der Waals surface area contributed by atoms with Crippen molar-refractivity contribution >= 4 is 29.2 Å². The van der Waals surface area contributed by atoms with Gasteiger partial charge in [-0.15, -0.1) is 0 Å². The molecule has 2 atom stereocenters. The molecule has 0 amide bonds. The zero-order chi connectivity index (χ0) is 11.1. The molecular weight excluding hydrogens is 458 g/mol. The normalized spacial score (nSPS) is 23.3. The third-order valence-electron chi connectivity index (χ3n) is 2.05. The average Bonchev–Trinajstić information content (AvgIpc) is 2.11. The molecule has 1 aliphatic rings. The Morgan fingerprint density at radius 2 is 1.44 bits per heavy atom. The van der Waals surface area contributed by atoms with Crippen molar-refractivity contribution in [3.8, 4) is 0 Å². The van der Waals surface area contributed by atoms with Crippen LogP contribution in [0.3, 0.4) is 0 Å². The van der Waals surface area contributed by atoms with Crippen LogP contribution in [0.2, 0.25) is 0 Å². The van der Waals surface area contributed by atoms with Gasteiger partial charge in [-0.25, -0.2) is 0 Å². The first-order valence-corrected chi connectivity index (χ1v) is 5.32. The van der Waals surface area contributed by atoms with Crippen molar-refractivity contribution < 1.29 is 43.4 Å². The first kappa shape index (κ1) is 22.2. The molecule has 0 heterocycles. The quantitative estimate of drug-likeness (QED) is 0.393. The summed E-state index contributed by atoms with van der Waals surface area (Å²) in [5, 5.41) is 9.32. The van der Waals surface area contributed by atoms with E-state index < -0.39 is 10.8 Å². The minimum Gasteiger partial charge on any atom is -1.00 e. The van der Waals surface area contributed by atoms with Gasteiger partial charge in [0.2, 0.25) is 0 Å². The molecule has 2 unspecified atom stereocenters. The number of carbonyl (C=O) groups is 1. The molecule has 0 spiro atoms. The van der Waals surface area contributed by atoms with Crippen LogP contribution in [0.4, 0.5) is 0 Å². The Morgan fingerprint density at radius 3 is 1.56 bits per heavy atom.